The van der Waals surface area contributed by atoms with E-state index in [0.29, 0.717) is 0 Å². The van der Waals surface area contributed by atoms with Crippen LogP contribution in [0, 0.1) is 5.82 Å². The summed E-state index contributed by atoms with van der Waals surface area (Å²) in [6, 6.07) is 4.50. The fourth-order valence-corrected chi connectivity index (χ4v) is 2.07. The van der Waals surface area contributed by atoms with Crippen molar-refractivity contribution in [1.82, 2.24) is 0 Å². The Hall–Kier alpha value is -0.960. The molecule has 0 spiro atoms. The number of hydrogen-bond donors (Lipinski definition) is 1. The monoisotopic (exact) mass is 372 g/mol. The number of aliphatic hydroxyl groups is 1. The van der Waals surface area contributed by atoms with Gasteiger partial charge >= 0.3 is 6.18 Å². The summed E-state index contributed by atoms with van der Waals surface area (Å²) in [7, 11) is 1.28. The highest BCUT2D eigenvalue weighted by Gasteiger charge is 2.37. The van der Waals surface area contributed by atoms with E-state index in [1.54, 1.807) is 0 Å². The van der Waals surface area contributed by atoms with Gasteiger partial charge in [0.1, 0.15) is 18.7 Å². The van der Waals surface area contributed by atoms with Crippen molar-refractivity contribution < 1.29 is 32.1 Å². The molecule has 0 aliphatic heterocycles. The summed E-state index contributed by atoms with van der Waals surface area (Å²) < 4.78 is 60.4. The molecule has 8 heteroatoms. The maximum Gasteiger partial charge on any atom is 0.415 e. The fraction of sp³-hybridized carbons (Fsp3) is 0.385. The van der Waals surface area contributed by atoms with Crippen LogP contribution in [0.5, 0.6) is 0 Å². The molecule has 1 rings (SSSR count). The second-order valence-corrected chi connectivity index (χ2v) is 4.89. The molecule has 0 bridgehead atoms. The highest BCUT2D eigenvalue weighted by Crippen LogP contribution is 2.37. The molecule has 0 fully saturated rings. The largest absolute Gasteiger partial charge is 0.415 e. The van der Waals surface area contributed by atoms with Crippen LogP contribution in [0.25, 0.3) is 0 Å². The highest BCUT2D eigenvalue weighted by molar-refractivity contribution is 9.11. The third kappa shape index (κ3) is 5.39. The normalized spacial score (nSPS) is 14.8. The quantitative estimate of drug-likeness (QED) is 0.470. The first-order valence-corrected chi connectivity index (χ1v) is 6.52. The van der Waals surface area contributed by atoms with Crippen LogP contribution in [0.1, 0.15) is 11.7 Å². The first kappa shape index (κ1) is 18.1. The van der Waals surface area contributed by atoms with Gasteiger partial charge in [-0.05, 0) is 17.7 Å². The van der Waals surface area contributed by atoms with E-state index in [9.17, 15) is 22.7 Å². The Morgan fingerprint density at radius 1 is 1.29 bits per heavy atom. The molecule has 21 heavy (non-hydrogen) atoms. The Morgan fingerprint density at radius 3 is 2.33 bits per heavy atom. The fourth-order valence-electron chi connectivity index (χ4n) is 1.47. The van der Waals surface area contributed by atoms with E-state index in [-0.39, 0.29) is 12.4 Å². The molecule has 1 N–H and O–H groups in total. The molecule has 0 heterocycles. The number of ether oxygens (including phenoxy) is 2. The number of aliphatic hydroxyl groups excluding tert-OH is 1. The van der Waals surface area contributed by atoms with Crippen LogP contribution >= 0.6 is 15.9 Å². The minimum Gasteiger partial charge on any atom is -0.383 e. The third-order valence-corrected chi connectivity index (χ3v) is 3.42. The molecule has 0 saturated carbocycles. The lowest BCUT2D eigenvalue weighted by molar-refractivity contribution is -0.110. The summed E-state index contributed by atoms with van der Waals surface area (Å²) in [5.74, 6) is -0.550. The van der Waals surface area contributed by atoms with Crippen LogP contribution in [-0.2, 0) is 9.47 Å². The molecule has 0 saturated heterocycles. The SMILES string of the molecule is COCOC/C(=C(\Br)C(O)c1ccc(F)cc1)C(F)(F)F. The number of rotatable bonds is 6. The summed E-state index contributed by atoms with van der Waals surface area (Å²) in [5.41, 5.74) is -0.951. The Bertz CT molecular complexity index is 485. The Kier molecular flexibility index (Phi) is 6.79. The molecule has 0 aliphatic carbocycles. The lowest BCUT2D eigenvalue weighted by Gasteiger charge is -2.18. The van der Waals surface area contributed by atoms with Crippen LogP contribution in [0.4, 0.5) is 17.6 Å². The van der Waals surface area contributed by atoms with Gasteiger partial charge < -0.3 is 14.6 Å². The summed E-state index contributed by atoms with van der Waals surface area (Å²) in [6.07, 6.45) is -6.26. The number of halogens is 5. The topological polar surface area (TPSA) is 38.7 Å². The van der Waals surface area contributed by atoms with Crippen LogP contribution in [-0.4, -0.2) is 31.8 Å². The van der Waals surface area contributed by atoms with Crippen molar-refractivity contribution in [2.45, 2.75) is 12.3 Å². The number of hydrogen-bond acceptors (Lipinski definition) is 3. The minimum atomic E-state index is -4.69. The number of methoxy groups -OCH3 is 1. The second kappa shape index (κ2) is 7.88. The molecule has 1 aromatic rings. The van der Waals surface area contributed by atoms with Gasteiger partial charge in [-0.3, -0.25) is 0 Å². The average Bonchev–Trinajstić information content (AvgIpc) is 2.41. The lowest BCUT2D eigenvalue weighted by Crippen LogP contribution is -2.20. The van der Waals surface area contributed by atoms with E-state index in [2.05, 4.69) is 20.7 Å². The van der Waals surface area contributed by atoms with Gasteiger partial charge in [0.15, 0.2) is 0 Å². The van der Waals surface area contributed by atoms with E-state index in [0.717, 1.165) is 12.1 Å². The molecule has 0 amide bonds. The van der Waals surface area contributed by atoms with Crippen LogP contribution in [0.2, 0.25) is 0 Å². The van der Waals surface area contributed by atoms with E-state index < -0.39 is 34.8 Å². The van der Waals surface area contributed by atoms with Crippen molar-refractivity contribution in [3.8, 4) is 0 Å². The summed E-state index contributed by atoms with van der Waals surface area (Å²) >= 11 is 2.75. The van der Waals surface area contributed by atoms with Gasteiger partial charge in [0.05, 0.1) is 12.2 Å². The van der Waals surface area contributed by atoms with Crippen LogP contribution < -0.4 is 0 Å². The lowest BCUT2D eigenvalue weighted by atomic mass is 10.1. The third-order valence-electron chi connectivity index (χ3n) is 2.50. The van der Waals surface area contributed by atoms with Crippen LogP contribution in [0.3, 0.4) is 0 Å². The van der Waals surface area contributed by atoms with Gasteiger partial charge in [0.25, 0.3) is 0 Å². The smallest absolute Gasteiger partial charge is 0.383 e. The average molecular weight is 373 g/mol. The molecule has 3 nitrogen and oxygen atoms in total. The molecule has 118 valence electrons. The van der Waals surface area contributed by atoms with Gasteiger partial charge in [-0.2, -0.15) is 13.2 Å². The van der Waals surface area contributed by atoms with Crippen molar-refractivity contribution in [1.29, 1.82) is 0 Å². The van der Waals surface area contributed by atoms with E-state index in [1.165, 1.54) is 19.2 Å². The zero-order chi connectivity index (χ0) is 16.0. The van der Waals surface area contributed by atoms with E-state index >= 15 is 0 Å². The van der Waals surface area contributed by atoms with Gasteiger partial charge in [0, 0.05) is 11.6 Å². The van der Waals surface area contributed by atoms with Crippen molar-refractivity contribution in [3.05, 3.63) is 45.7 Å². The zero-order valence-electron chi connectivity index (χ0n) is 11.0. The molecule has 1 unspecified atom stereocenters. The predicted molar refractivity (Wildman–Crippen MR) is 71.2 cm³/mol. The number of alkyl halides is 3. The Balaban J connectivity index is 3.04. The maximum atomic E-state index is 13.0. The summed E-state index contributed by atoms with van der Waals surface area (Å²) in [6.45, 7) is -1.09. The van der Waals surface area contributed by atoms with Gasteiger partial charge in [-0.15, -0.1) is 0 Å². The second-order valence-electron chi connectivity index (χ2n) is 4.03. The molecule has 0 aromatic heterocycles. The predicted octanol–water partition coefficient (Wildman–Crippen LogP) is 3.69. The maximum absolute atomic E-state index is 13.0. The summed E-state index contributed by atoms with van der Waals surface area (Å²) in [5, 5.41) is 9.96. The first-order valence-electron chi connectivity index (χ1n) is 5.73. The van der Waals surface area contributed by atoms with Crippen molar-refractivity contribution in [2.24, 2.45) is 0 Å². The Labute approximate surface area is 127 Å². The van der Waals surface area contributed by atoms with Crippen molar-refractivity contribution in [2.75, 3.05) is 20.5 Å². The van der Waals surface area contributed by atoms with Gasteiger partial charge in [0.2, 0.25) is 0 Å². The van der Waals surface area contributed by atoms with E-state index in [1.807, 2.05) is 0 Å². The van der Waals surface area contributed by atoms with Crippen molar-refractivity contribution in [3.63, 3.8) is 0 Å². The summed E-state index contributed by atoms with van der Waals surface area (Å²) in [4.78, 5) is 0. The molecular weight excluding hydrogens is 360 g/mol. The Morgan fingerprint density at radius 2 is 1.86 bits per heavy atom. The van der Waals surface area contributed by atoms with Gasteiger partial charge in [-0.1, -0.05) is 28.1 Å². The van der Waals surface area contributed by atoms with Crippen LogP contribution in [0.15, 0.2) is 34.3 Å². The highest BCUT2D eigenvalue weighted by atomic mass is 79.9. The molecule has 1 aromatic carbocycles. The zero-order valence-corrected chi connectivity index (χ0v) is 12.5. The molecular formula is C13H13BrF4O3. The standard InChI is InChI=1S/C13H13BrF4O3/c1-20-7-21-6-10(13(16,17)18)11(14)12(19)8-2-4-9(15)5-3-8/h2-5,12,19H,6-7H2,1H3/b11-10+. The molecule has 0 aliphatic rings. The van der Waals surface area contributed by atoms with Crippen molar-refractivity contribution >= 4 is 15.9 Å². The first-order chi connectivity index (χ1) is 9.77. The number of benzene rings is 1. The molecule has 1 atom stereocenters. The minimum absolute atomic E-state index is 0.122. The van der Waals surface area contributed by atoms with Gasteiger partial charge in [-0.25, -0.2) is 4.39 Å². The van der Waals surface area contributed by atoms with E-state index in [4.69, 9.17) is 4.74 Å². The molecule has 0 radical (unpaired) electrons.